The van der Waals surface area contributed by atoms with E-state index in [1.165, 1.54) is 0 Å². The predicted molar refractivity (Wildman–Crippen MR) is 85.8 cm³/mol. The normalized spacial score (nSPS) is 11.8. The van der Waals surface area contributed by atoms with Crippen LogP contribution >= 0.6 is 15.9 Å². The van der Waals surface area contributed by atoms with E-state index in [1.807, 2.05) is 20.9 Å². The van der Waals surface area contributed by atoms with E-state index in [9.17, 15) is 8.42 Å². The van der Waals surface area contributed by atoms with Gasteiger partial charge in [0.2, 0.25) is 10.0 Å². The number of hydrogen-bond donors (Lipinski definition) is 1. The molecule has 1 aromatic carbocycles. The molecule has 0 saturated heterocycles. The van der Waals surface area contributed by atoms with Gasteiger partial charge in [0.15, 0.2) is 0 Å². The maximum absolute atomic E-state index is 12.3. The van der Waals surface area contributed by atoms with E-state index in [0.717, 1.165) is 22.5 Å². The fraction of sp³-hybridized carbons (Fsp3) is 0.357. The second kappa shape index (κ2) is 6.29. The number of aryl methyl sites for hydroxylation is 2. The van der Waals surface area contributed by atoms with Gasteiger partial charge in [-0.25, -0.2) is 13.1 Å². The molecule has 0 unspecified atom stereocenters. The Hall–Kier alpha value is -1.18. The quantitative estimate of drug-likeness (QED) is 0.820. The van der Waals surface area contributed by atoms with Gasteiger partial charge in [-0.05, 0) is 31.5 Å². The van der Waals surface area contributed by atoms with Crippen LogP contribution in [0.3, 0.4) is 0 Å². The summed E-state index contributed by atoms with van der Waals surface area (Å²) >= 11 is 3.34. The van der Waals surface area contributed by atoms with Crippen molar-refractivity contribution in [3.8, 4) is 0 Å². The van der Waals surface area contributed by atoms with E-state index in [4.69, 9.17) is 0 Å². The van der Waals surface area contributed by atoms with Crippen LogP contribution in [0.2, 0.25) is 0 Å². The van der Waals surface area contributed by atoms with E-state index in [2.05, 4.69) is 25.8 Å². The molecule has 0 aliphatic carbocycles. The number of nitrogens with zero attached hydrogens (tertiary/aromatic N) is 2. The van der Waals surface area contributed by atoms with Gasteiger partial charge in [-0.2, -0.15) is 5.10 Å². The third kappa shape index (κ3) is 3.53. The first kappa shape index (κ1) is 16.2. The molecule has 2 rings (SSSR count). The molecule has 114 valence electrons. The minimum absolute atomic E-state index is 0.244. The van der Waals surface area contributed by atoms with E-state index in [1.54, 1.807) is 28.9 Å². The highest BCUT2D eigenvalue weighted by molar-refractivity contribution is 9.08. The van der Waals surface area contributed by atoms with Gasteiger partial charge in [-0.3, -0.25) is 4.68 Å². The number of hydrogen-bond acceptors (Lipinski definition) is 3. The van der Waals surface area contributed by atoms with Gasteiger partial charge in [0.1, 0.15) is 0 Å². The van der Waals surface area contributed by atoms with Crippen molar-refractivity contribution in [2.24, 2.45) is 7.05 Å². The zero-order chi connectivity index (χ0) is 15.6. The molecule has 1 N–H and O–H groups in total. The summed E-state index contributed by atoms with van der Waals surface area (Å²) < 4.78 is 29.0. The minimum atomic E-state index is -3.51. The van der Waals surface area contributed by atoms with Crippen LogP contribution in [-0.4, -0.2) is 18.2 Å². The maximum Gasteiger partial charge on any atom is 0.240 e. The van der Waals surface area contributed by atoms with Gasteiger partial charge in [0.05, 0.1) is 10.6 Å². The highest BCUT2D eigenvalue weighted by atomic mass is 79.9. The monoisotopic (exact) mass is 371 g/mol. The summed E-state index contributed by atoms with van der Waals surface area (Å²) in [5, 5.41) is 4.99. The number of alkyl halides is 1. The van der Waals surface area contributed by atoms with Gasteiger partial charge in [-0.1, -0.05) is 28.1 Å². The average Bonchev–Trinajstić information content (AvgIpc) is 2.70. The highest BCUT2D eigenvalue weighted by Gasteiger charge is 2.16. The lowest BCUT2D eigenvalue weighted by molar-refractivity contribution is 0.581. The number of nitrogens with one attached hydrogen (secondary N) is 1. The van der Waals surface area contributed by atoms with Crippen molar-refractivity contribution in [3.63, 3.8) is 0 Å². The second-order valence-electron chi connectivity index (χ2n) is 4.88. The first-order valence-corrected chi connectivity index (χ1v) is 9.09. The van der Waals surface area contributed by atoms with Crippen LogP contribution in [0.4, 0.5) is 0 Å². The van der Waals surface area contributed by atoms with Crippen molar-refractivity contribution < 1.29 is 8.42 Å². The van der Waals surface area contributed by atoms with Crippen molar-refractivity contribution in [1.82, 2.24) is 14.5 Å². The van der Waals surface area contributed by atoms with Gasteiger partial charge in [0, 0.05) is 30.2 Å². The Kier molecular flexibility index (Phi) is 4.85. The molecule has 0 spiro atoms. The topological polar surface area (TPSA) is 64.0 Å². The van der Waals surface area contributed by atoms with Gasteiger partial charge >= 0.3 is 0 Å². The molecule has 0 amide bonds. The summed E-state index contributed by atoms with van der Waals surface area (Å²) in [6, 6.07) is 6.82. The molecular weight excluding hydrogens is 354 g/mol. The molecule has 0 radical (unpaired) electrons. The zero-order valence-corrected chi connectivity index (χ0v) is 14.6. The second-order valence-corrected chi connectivity index (χ2v) is 7.20. The SMILES string of the molecule is Cc1nn(C)c(C)c1CNS(=O)(=O)c1ccc(CBr)cc1. The van der Waals surface area contributed by atoms with Gasteiger partial charge < -0.3 is 0 Å². The zero-order valence-electron chi connectivity index (χ0n) is 12.2. The molecule has 2 aromatic rings. The third-order valence-corrected chi connectivity index (χ3v) is 5.55. The molecule has 0 bridgehead atoms. The van der Waals surface area contributed by atoms with Crippen molar-refractivity contribution >= 4 is 26.0 Å². The Labute approximate surface area is 133 Å². The summed E-state index contributed by atoms with van der Waals surface area (Å²) in [6.45, 7) is 4.05. The molecule has 0 fully saturated rings. The maximum atomic E-state index is 12.3. The molecule has 21 heavy (non-hydrogen) atoms. The molecule has 0 saturated carbocycles. The molecular formula is C14H18BrN3O2S. The summed E-state index contributed by atoms with van der Waals surface area (Å²) in [6.07, 6.45) is 0. The van der Waals surface area contributed by atoms with Crippen molar-refractivity contribution in [3.05, 3.63) is 46.8 Å². The standard InChI is InChI=1S/C14H18BrN3O2S/c1-10-14(11(2)18(3)17-10)9-16-21(19,20)13-6-4-12(8-15)5-7-13/h4-7,16H,8-9H2,1-3H3. The van der Waals surface area contributed by atoms with Crippen molar-refractivity contribution in [1.29, 1.82) is 0 Å². The fourth-order valence-electron chi connectivity index (χ4n) is 2.08. The smallest absolute Gasteiger partial charge is 0.240 e. The summed E-state index contributed by atoms with van der Waals surface area (Å²) in [5.41, 5.74) is 3.75. The lowest BCUT2D eigenvalue weighted by Crippen LogP contribution is -2.23. The van der Waals surface area contributed by atoms with Crippen LogP contribution in [0.1, 0.15) is 22.5 Å². The van der Waals surface area contributed by atoms with Crippen LogP contribution in [-0.2, 0) is 28.9 Å². The lowest BCUT2D eigenvalue weighted by atomic mass is 10.2. The van der Waals surface area contributed by atoms with Crippen molar-refractivity contribution in [2.45, 2.75) is 30.6 Å². The Morgan fingerprint density at radius 3 is 2.33 bits per heavy atom. The predicted octanol–water partition coefficient (Wildman–Crippen LogP) is 2.41. The number of benzene rings is 1. The van der Waals surface area contributed by atoms with Gasteiger partial charge in [0.25, 0.3) is 0 Å². The van der Waals surface area contributed by atoms with Crippen LogP contribution < -0.4 is 4.72 Å². The molecule has 0 aliphatic rings. The molecule has 7 heteroatoms. The first-order valence-electron chi connectivity index (χ1n) is 6.49. The summed E-state index contributed by atoms with van der Waals surface area (Å²) in [5.74, 6) is 0. The fourth-order valence-corrected chi connectivity index (χ4v) is 3.45. The molecule has 1 aromatic heterocycles. The molecule has 1 heterocycles. The molecule has 0 atom stereocenters. The molecule has 0 aliphatic heterocycles. The van der Waals surface area contributed by atoms with Crippen LogP contribution in [0.5, 0.6) is 0 Å². The largest absolute Gasteiger partial charge is 0.272 e. The Balaban J connectivity index is 2.17. The Morgan fingerprint density at radius 1 is 1.24 bits per heavy atom. The van der Waals surface area contributed by atoms with E-state index in [-0.39, 0.29) is 11.4 Å². The number of sulfonamides is 1. The third-order valence-electron chi connectivity index (χ3n) is 3.49. The summed E-state index contributed by atoms with van der Waals surface area (Å²) in [7, 11) is -1.66. The van der Waals surface area contributed by atoms with Gasteiger partial charge in [-0.15, -0.1) is 0 Å². The average molecular weight is 372 g/mol. The van der Waals surface area contributed by atoms with Crippen molar-refractivity contribution in [2.75, 3.05) is 0 Å². The Bertz CT molecular complexity index is 736. The van der Waals surface area contributed by atoms with E-state index < -0.39 is 10.0 Å². The van der Waals surface area contributed by atoms with Crippen LogP contribution in [0, 0.1) is 13.8 Å². The Morgan fingerprint density at radius 2 is 1.86 bits per heavy atom. The van der Waals surface area contributed by atoms with Crippen LogP contribution in [0.25, 0.3) is 0 Å². The number of rotatable bonds is 5. The summed E-state index contributed by atoms with van der Waals surface area (Å²) in [4.78, 5) is 0.270. The van der Waals surface area contributed by atoms with E-state index in [0.29, 0.717) is 5.33 Å². The van der Waals surface area contributed by atoms with Crippen LogP contribution in [0.15, 0.2) is 29.2 Å². The minimum Gasteiger partial charge on any atom is -0.272 e. The van der Waals surface area contributed by atoms with E-state index >= 15 is 0 Å². The highest BCUT2D eigenvalue weighted by Crippen LogP contribution is 2.15. The number of aromatic nitrogens is 2. The number of halogens is 1. The lowest BCUT2D eigenvalue weighted by Gasteiger charge is -2.08. The molecule has 5 nitrogen and oxygen atoms in total. The first-order chi connectivity index (χ1) is 9.85.